The van der Waals surface area contributed by atoms with Crippen LogP contribution in [0.5, 0.6) is 0 Å². The van der Waals surface area contributed by atoms with Gasteiger partial charge in [0.25, 0.3) is 5.92 Å². The third-order valence-electron chi connectivity index (χ3n) is 1.78. The minimum absolute atomic E-state index is 0.317. The van der Waals surface area contributed by atoms with Crippen molar-refractivity contribution in [3.05, 3.63) is 0 Å². The summed E-state index contributed by atoms with van der Waals surface area (Å²) in [4.78, 5) is 10.9. The largest absolute Gasteiger partial charge is 0.405 e. The van der Waals surface area contributed by atoms with Gasteiger partial charge >= 0.3 is 12.1 Å². The molecule has 0 aliphatic carbocycles. The molecule has 0 rings (SSSR count). The molecule has 0 fully saturated rings. The van der Waals surface area contributed by atoms with Gasteiger partial charge in [-0.15, -0.1) is 0 Å². The van der Waals surface area contributed by atoms with Crippen molar-refractivity contribution in [3.63, 3.8) is 0 Å². The molecule has 0 saturated carbocycles. The Kier molecular flexibility index (Phi) is 4.55. The highest BCUT2D eigenvalue weighted by Gasteiger charge is 2.44. The molecular weight excluding hydrogens is 216 g/mol. The number of ether oxygens (including phenoxy) is 1. The average molecular weight is 230 g/mol. The minimum Gasteiger partial charge on any atom is -0.400 e. The lowest BCUT2D eigenvalue weighted by atomic mass is 10.1. The van der Waals surface area contributed by atoms with Crippen LogP contribution in [0, 0.1) is 5.92 Å². The Bertz CT molecular complexity index is 223. The fraction of sp³-hybridized carbons (Fsp3) is 0.889. The van der Waals surface area contributed by atoms with E-state index < -0.39 is 30.3 Å². The van der Waals surface area contributed by atoms with Crippen LogP contribution in [0.25, 0.3) is 0 Å². The smallest absolute Gasteiger partial charge is 0.400 e. The van der Waals surface area contributed by atoms with Gasteiger partial charge in [-0.1, -0.05) is 13.8 Å². The second-order valence-electron chi connectivity index (χ2n) is 3.61. The molecule has 0 heterocycles. The number of esters is 1. The molecule has 0 radical (unpaired) electrons. The Labute approximate surface area is 85.6 Å². The Morgan fingerprint density at radius 3 is 2.13 bits per heavy atom. The zero-order chi connectivity index (χ0) is 12.3. The first-order valence-corrected chi connectivity index (χ1v) is 4.56. The van der Waals surface area contributed by atoms with Gasteiger partial charge in [0.15, 0.2) is 0 Å². The molecule has 0 spiro atoms. The molecule has 0 aliphatic heterocycles. The molecule has 1 atom stereocenters. The van der Waals surface area contributed by atoms with E-state index in [4.69, 9.17) is 0 Å². The Hall–Kier alpha value is -0.810. The molecule has 15 heavy (non-hydrogen) atoms. The molecule has 6 heteroatoms. The van der Waals surface area contributed by atoms with Crippen molar-refractivity contribution in [3.8, 4) is 0 Å². The monoisotopic (exact) mass is 230 g/mol. The van der Waals surface area contributed by atoms with E-state index in [9.17, 15) is 22.4 Å². The first-order valence-electron chi connectivity index (χ1n) is 4.56. The van der Waals surface area contributed by atoms with Crippen molar-refractivity contribution in [1.82, 2.24) is 0 Å². The number of hydrogen-bond donors (Lipinski definition) is 0. The molecular formula is C9H14F4O2. The summed E-state index contributed by atoms with van der Waals surface area (Å²) in [6, 6.07) is 0. The fourth-order valence-corrected chi connectivity index (χ4v) is 0.812. The van der Waals surface area contributed by atoms with Crippen LogP contribution in [0.2, 0.25) is 0 Å². The van der Waals surface area contributed by atoms with E-state index in [-0.39, 0.29) is 0 Å². The zero-order valence-corrected chi connectivity index (χ0v) is 8.82. The normalized spacial score (nSPS) is 14.9. The van der Waals surface area contributed by atoms with Crippen molar-refractivity contribution in [1.29, 1.82) is 0 Å². The van der Waals surface area contributed by atoms with Crippen LogP contribution in [0.3, 0.4) is 0 Å². The summed E-state index contributed by atoms with van der Waals surface area (Å²) in [7, 11) is 0. The first-order chi connectivity index (χ1) is 6.57. The molecule has 2 nitrogen and oxygen atoms in total. The number of alkyl halides is 4. The van der Waals surface area contributed by atoms with Gasteiger partial charge in [0.1, 0.15) is 6.42 Å². The third kappa shape index (κ3) is 6.30. The van der Waals surface area contributed by atoms with Crippen LogP contribution < -0.4 is 0 Å². The molecule has 0 N–H and O–H groups in total. The molecule has 0 aromatic rings. The van der Waals surface area contributed by atoms with Gasteiger partial charge in [-0.25, -0.2) is 8.78 Å². The summed E-state index contributed by atoms with van der Waals surface area (Å²) in [5.74, 6) is -5.45. The number of hydrogen-bond acceptors (Lipinski definition) is 2. The molecule has 1 unspecified atom stereocenters. The first kappa shape index (κ1) is 14.2. The highest BCUT2D eigenvalue weighted by atomic mass is 19.3. The quantitative estimate of drug-likeness (QED) is 0.535. The second-order valence-corrected chi connectivity index (χ2v) is 3.61. The average Bonchev–Trinajstić information content (AvgIpc) is 1.96. The third-order valence-corrected chi connectivity index (χ3v) is 1.78. The molecule has 0 aromatic carbocycles. The lowest BCUT2D eigenvalue weighted by molar-refractivity contribution is -0.258. The summed E-state index contributed by atoms with van der Waals surface area (Å²) < 4.78 is 53.8. The van der Waals surface area contributed by atoms with Crippen molar-refractivity contribution in [2.75, 3.05) is 0 Å². The fourth-order valence-electron chi connectivity index (χ4n) is 0.812. The standard InChI is InChI=1S/C9H14F4O2/c1-4-6(2)7(14)15-9(12,13)5-8(3,10)11/h6H,4-5H2,1-3H3. The minimum atomic E-state index is -4.11. The van der Waals surface area contributed by atoms with E-state index in [0.717, 1.165) is 0 Å². The number of halogens is 4. The maximum Gasteiger partial charge on any atom is 0.405 e. The van der Waals surface area contributed by atoms with Crippen molar-refractivity contribution < 1.29 is 27.1 Å². The summed E-state index contributed by atoms with van der Waals surface area (Å²) in [5, 5.41) is 0. The van der Waals surface area contributed by atoms with E-state index in [1.54, 1.807) is 6.92 Å². The van der Waals surface area contributed by atoms with Crippen molar-refractivity contribution in [2.24, 2.45) is 5.92 Å². The molecule has 0 amide bonds. The Morgan fingerprint density at radius 2 is 1.80 bits per heavy atom. The SMILES string of the molecule is CCC(C)C(=O)OC(F)(F)CC(C)(F)F. The summed E-state index contributed by atoms with van der Waals surface area (Å²) in [6.07, 6.45) is -5.58. The van der Waals surface area contributed by atoms with Gasteiger partial charge < -0.3 is 4.74 Å². The molecule has 0 bridgehead atoms. The number of carbonyl (C=O) groups excluding carboxylic acids is 1. The predicted octanol–water partition coefficient (Wildman–Crippen LogP) is 3.21. The maximum atomic E-state index is 12.7. The lowest BCUT2D eigenvalue weighted by Crippen LogP contribution is -2.33. The van der Waals surface area contributed by atoms with E-state index in [1.165, 1.54) is 6.92 Å². The number of carbonyl (C=O) groups is 1. The maximum absolute atomic E-state index is 12.7. The van der Waals surface area contributed by atoms with Gasteiger partial charge in [-0.3, -0.25) is 4.79 Å². The van der Waals surface area contributed by atoms with E-state index in [2.05, 4.69) is 4.74 Å². The Balaban J connectivity index is 4.32. The van der Waals surface area contributed by atoms with Gasteiger partial charge in [0.2, 0.25) is 0 Å². The van der Waals surface area contributed by atoms with Crippen LogP contribution in [-0.2, 0) is 9.53 Å². The van der Waals surface area contributed by atoms with Crippen LogP contribution in [0.1, 0.15) is 33.6 Å². The lowest BCUT2D eigenvalue weighted by Gasteiger charge is -2.21. The van der Waals surface area contributed by atoms with Crippen molar-refractivity contribution >= 4 is 5.97 Å². The number of rotatable bonds is 5. The topological polar surface area (TPSA) is 26.3 Å². The molecule has 0 aromatic heterocycles. The van der Waals surface area contributed by atoms with Crippen LogP contribution in [-0.4, -0.2) is 18.0 Å². The Morgan fingerprint density at radius 1 is 1.33 bits per heavy atom. The molecule has 90 valence electrons. The van der Waals surface area contributed by atoms with E-state index in [1.807, 2.05) is 0 Å². The summed E-state index contributed by atoms with van der Waals surface area (Å²) in [5.41, 5.74) is 0. The van der Waals surface area contributed by atoms with Gasteiger partial charge in [-0.2, -0.15) is 8.78 Å². The summed E-state index contributed by atoms with van der Waals surface area (Å²) in [6.45, 7) is 3.35. The predicted molar refractivity (Wildman–Crippen MR) is 45.7 cm³/mol. The van der Waals surface area contributed by atoms with Gasteiger partial charge in [-0.05, 0) is 13.3 Å². The summed E-state index contributed by atoms with van der Waals surface area (Å²) >= 11 is 0. The van der Waals surface area contributed by atoms with Gasteiger partial charge in [0, 0.05) is 0 Å². The van der Waals surface area contributed by atoms with Crippen molar-refractivity contribution in [2.45, 2.75) is 45.6 Å². The molecule has 0 aliphatic rings. The van der Waals surface area contributed by atoms with Crippen LogP contribution in [0.15, 0.2) is 0 Å². The van der Waals surface area contributed by atoms with Gasteiger partial charge in [0.05, 0.1) is 5.92 Å². The second kappa shape index (κ2) is 4.81. The van der Waals surface area contributed by atoms with E-state index in [0.29, 0.717) is 13.3 Å². The highest BCUT2D eigenvalue weighted by molar-refractivity contribution is 5.72. The zero-order valence-electron chi connectivity index (χ0n) is 8.82. The highest BCUT2D eigenvalue weighted by Crippen LogP contribution is 2.31. The van der Waals surface area contributed by atoms with E-state index >= 15 is 0 Å². The molecule has 0 saturated heterocycles. The van der Waals surface area contributed by atoms with Crippen LogP contribution in [0.4, 0.5) is 17.6 Å². The van der Waals surface area contributed by atoms with Crippen LogP contribution >= 0.6 is 0 Å².